The van der Waals surface area contributed by atoms with E-state index in [9.17, 15) is 19.0 Å². The second kappa shape index (κ2) is 31.0. The van der Waals surface area contributed by atoms with E-state index in [4.69, 9.17) is 24.3 Å². The van der Waals surface area contributed by atoms with Crippen molar-refractivity contribution in [1.29, 1.82) is 0 Å². The topological polar surface area (TPSA) is 134 Å². The molecular formula is C33H66NO8P. The van der Waals surface area contributed by atoms with Crippen LogP contribution in [0.15, 0.2) is 0 Å². The predicted octanol–water partition coefficient (Wildman–Crippen LogP) is 8.94. The molecule has 0 amide bonds. The molecule has 0 aliphatic carbocycles. The number of hydrogen-bond donors (Lipinski definition) is 2. The molecule has 256 valence electrons. The molecule has 0 aromatic rings. The van der Waals surface area contributed by atoms with Crippen LogP contribution in [0, 0.1) is 0 Å². The number of phosphoric ester groups is 1. The fourth-order valence-corrected chi connectivity index (χ4v) is 5.63. The minimum absolute atomic E-state index is 0.0574. The summed E-state index contributed by atoms with van der Waals surface area (Å²) in [6, 6.07) is 0. The van der Waals surface area contributed by atoms with Crippen LogP contribution in [-0.4, -0.2) is 49.3 Å². The van der Waals surface area contributed by atoms with Gasteiger partial charge < -0.3 is 20.1 Å². The van der Waals surface area contributed by atoms with Gasteiger partial charge in [0.2, 0.25) is 0 Å². The Morgan fingerprint density at radius 1 is 0.605 bits per heavy atom. The number of rotatable bonds is 33. The van der Waals surface area contributed by atoms with Crippen LogP contribution in [0.25, 0.3) is 0 Å². The van der Waals surface area contributed by atoms with Crippen molar-refractivity contribution < 1.29 is 37.6 Å². The van der Waals surface area contributed by atoms with E-state index < -0.39 is 26.5 Å². The summed E-state index contributed by atoms with van der Waals surface area (Å²) in [6.45, 7) is 3.69. The van der Waals surface area contributed by atoms with Gasteiger partial charge in [-0.1, -0.05) is 142 Å². The van der Waals surface area contributed by atoms with Crippen LogP contribution in [-0.2, 0) is 32.7 Å². The Morgan fingerprint density at radius 3 is 1.42 bits per heavy atom. The number of hydrogen-bond acceptors (Lipinski definition) is 8. The van der Waals surface area contributed by atoms with E-state index in [-0.39, 0.29) is 38.6 Å². The average molecular weight is 636 g/mol. The molecule has 0 heterocycles. The maximum atomic E-state index is 12.5. The molecule has 0 aromatic heterocycles. The quantitative estimate of drug-likeness (QED) is 0.0411. The standard InChI is InChI=1S/C33H66NO8P/c1-3-5-7-9-11-13-14-15-16-17-18-20-22-24-26-33(36)42-31(30-41-43(37,38)40-28-27-34)29-39-32(35)25-23-21-19-12-10-8-6-4-2/h31H,3-30,34H2,1-2H3,(H,37,38)/t31-/m1/s1. The molecule has 0 aliphatic heterocycles. The zero-order valence-electron chi connectivity index (χ0n) is 27.7. The lowest BCUT2D eigenvalue weighted by atomic mass is 10.0. The Kier molecular flexibility index (Phi) is 30.3. The van der Waals surface area contributed by atoms with Gasteiger partial charge in [0.1, 0.15) is 6.61 Å². The van der Waals surface area contributed by atoms with Crippen LogP contribution in [0.1, 0.15) is 168 Å². The van der Waals surface area contributed by atoms with Crippen molar-refractivity contribution >= 4 is 19.8 Å². The van der Waals surface area contributed by atoms with Gasteiger partial charge in [-0.05, 0) is 12.8 Å². The lowest BCUT2D eigenvalue weighted by Crippen LogP contribution is -2.29. The smallest absolute Gasteiger partial charge is 0.462 e. The summed E-state index contributed by atoms with van der Waals surface area (Å²) < 4.78 is 32.5. The summed E-state index contributed by atoms with van der Waals surface area (Å²) in [5.41, 5.74) is 5.31. The van der Waals surface area contributed by atoms with Crippen molar-refractivity contribution in [2.75, 3.05) is 26.4 Å². The number of carbonyl (C=O) groups is 2. The molecule has 9 nitrogen and oxygen atoms in total. The number of esters is 2. The molecule has 0 saturated heterocycles. The number of unbranched alkanes of at least 4 members (excludes halogenated alkanes) is 20. The second-order valence-corrected chi connectivity index (χ2v) is 13.2. The van der Waals surface area contributed by atoms with Gasteiger partial charge in [0.25, 0.3) is 0 Å². The highest BCUT2D eigenvalue weighted by atomic mass is 31.2. The first-order valence-corrected chi connectivity index (χ1v) is 19.0. The van der Waals surface area contributed by atoms with Crippen molar-refractivity contribution in [3.63, 3.8) is 0 Å². The molecule has 0 aliphatic rings. The van der Waals surface area contributed by atoms with E-state index in [1.807, 2.05) is 0 Å². The molecule has 0 fully saturated rings. The summed E-state index contributed by atoms with van der Waals surface area (Å²) in [5.74, 6) is -0.826. The van der Waals surface area contributed by atoms with E-state index in [0.29, 0.717) is 6.42 Å². The Morgan fingerprint density at radius 2 is 1.00 bits per heavy atom. The summed E-state index contributed by atoms with van der Waals surface area (Å²) >= 11 is 0. The van der Waals surface area contributed by atoms with E-state index in [0.717, 1.165) is 32.1 Å². The van der Waals surface area contributed by atoms with Gasteiger partial charge in [0.15, 0.2) is 6.10 Å². The van der Waals surface area contributed by atoms with Gasteiger partial charge in [0.05, 0.1) is 13.2 Å². The molecule has 10 heteroatoms. The van der Waals surface area contributed by atoms with E-state index in [1.54, 1.807) is 0 Å². The summed E-state index contributed by atoms with van der Waals surface area (Å²) in [4.78, 5) is 34.5. The molecule has 2 atom stereocenters. The van der Waals surface area contributed by atoms with Crippen LogP contribution in [0.4, 0.5) is 0 Å². The zero-order valence-corrected chi connectivity index (χ0v) is 28.6. The molecule has 0 saturated carbocycles. The van der Waals surface area contributed by atoms with Crippen LogP contribution in [0.2, 0.25) is 0 Å². The van der Waals surface area contributed by atoms with Crippen molar-refractivity contribution in [3.05, 3.63) is 0 Å². The third-order valence-electron chi connectivity index (χ3n) is 7.49. The molecule has 0 rings (SSSR count). The van der Waals surface area contributed by atoms with Crippen LogP contribution in [0.5, 0.6) is 0 Å². The van der Waals surface area contributed by atoms with E-state index >= 15 is 0 Å². The summed E-state index contributed by atoms with van der Waals surface area (Å²) in [5, 5.41) is 0. The van der Waals surface area contributed by atoms with E-state index in [2.05, 4.69) is 13.8 Å². The molecule has 1 unspecified atom stereocenters. The number of nitrogens with two attached hydrogens (primary N) is 1. The molecular weight excluding hydrogens is 569 g/mol. The summed E-state index contributed by atoms with van der Waals surface area (Å²) in [6.07, 6.45) is 25.7. The van der Waals surface area contributed by atoms with Gasteiger partial charge in [-0.15, -0.1) is 0 Å². The highest BCUT2D eigenvalue weighted by molar-refractivity contribution is 7.47. The first kappa shape index (κ1) is 42.0. The molecule has 0 bridgehead atoms. The minimum atomic E-state index is -4.35. The van der Waals surface area contributed by atoms with Crippen molar-refractivity contribution in [2.24, 2.45) is 5.73 Å². The lowest BCUT2D eigenvalue weighted by Gasteiger charge is -2.19. The highest BCUT2D eigenvalue weighted by Crippen LogP contribution is 2.43. The fourth-order valence-electron chi connectivity index (χ4n) is 4.87. The average Bonchev–Trinajstić information content (AvgIpc) is 2.99. The number of carbonyl (C=O) groups excluding carboxylic acids is 2. The molecule has 0 radical (unpaired) electrons. The van der Waals surface area contributed by atoms with Crippen molar-refractivity contribution in [2.45, 2.75) is 174 Å². The molecule has 3 N–H and O–H groups in total. The van der Waals surface area contributed by atoms with Gasteiger partial charge in [0, 0.05) is 19.4 Å². The first-order chi connectivity index (χ1) is 20.8. The normalized spacial score (nSPS) is 13.5. The maximum absolute atomic E-state index is 12.5. The third kappa shape index (κ3) is 30.8. The fraction of sp³-hybridized carbons (Fsp3) is 0.939. The lowest BCUT2D eigenvalue weighted by molar-refractivity contribution is -0.161. The van der Waals surface area contributed by atoms with Gasteiger partial charge in [-0.2, -0.15) is 0 Å². The van der Waals surface area contributed by atoms with E-state index in [1.165, 1.54) is 103 Å². The zero-order chi connectivity index (χ0) is 31.9. The SMILES string of the molecule is CCCCCCCCCCCCCCCCC(=O)O[C@H](COC(=O)CCCCCCCCCC)COP(=O)(O)OCCN. The Hall–Kier alpha value is -0.990. The van der Waals surface area contributed by atoms with Crippen molar-refractivity contribution in [3.8, 4) is 0 Å². The van der Waals surface area contributed by atoms with Gasteiger partial charge in [-0.25, -0.2) is 4.57 Å². The second-order valence-electron chi connectivity index (χ2n) is 11.8. The van der Waals surface area contributed by atoms with Crippen molar-refractivity contribution in [1.82, 2.24) is 0 Å². The number of phosphoric acid groups is 1. The molecule has 0 aromatic carbocycles. The van der Waals surface area contributed by atoms with Crippen LogP contribution in [0.3, 0.4) is 0 Å². The maximum Gasteiger partial charge on any atom is 0.472 e. The predicted molar refractivity (Wildman–Crippen MR) is 174 cm³/mol. The van der Waals surface area contributed by atoms with Gasteiger partial charge >= 0.3 is 19.8 Å². The molecule has 43 heavy (non-hydrogen) atoms. The molecule has 0 spiro atoms. The third-order valence-corrected chi connectivity index (χ3v) is 8.48. The largest absolute Gasteiger partial charge is 0.472 e. The number of ether oxygens (including phenoxy) is 2. The Labute approximate surface area is 263 Å². The van der Waals surface area contributed by atoms with Gasteiger partial charge in [-0.3, -0.25) is 18.6 Å². The monoisotopic (exact) mass is 635 g/mol. The van der Waals surface area contributed by atoms with Crippen LogP contribution < -0.4 is 5.73 Å². The van der Waals surface area contributed by atoms with Crippen LogP contribution >= 0.6 is 7.82 Å². The highest BCUT2D eigenvalue weighted by Gasteiger charge is 2.25. The summed E-state index contributed by atoms with van der Waals surface area (Å²) in [7, 11) is -4.35. The Balaban J connectivity index is 4.21. The minimum Gasteiger partial charge on any atom is -0.462 e. The Bertz CT molecular complexity index is 694. The first-order valence-electron chi connectivity index (χ1n) is 17.5.